The van der Waals surface area contributed by atoms with Crippen LogP contribution in [0.25, 0.3) is 0 Å². The lowest BCUT2D eigenvalue weighted by atomic mass is 10.1. The predicted octanol–water partition coefficient (Wildman–Crippen LogP) is 3.17. The van der Waals surface area contributed by atoms with Gasteiger partial charge in [-0.05, 0) is 37.1 Å². The van der Waals surface area contributed by atoms with E-state index in [-0.39, 0.29) is 11.8 Å². The minimum atomic E-state index is 0.0619. The Kier molecular flexibility index (Phi) is 6.44. The number of carbonyl (C=O) groups excluding carboxylic acids is 1. The van der Waals surface area contributed by atoms with E-state index in [2.05, 4.69) is 23.6 Å². The molecule has 0 fully saturated rings. The molecule has 0 aliphatic carbocycles. The van der Waals surface area contributed by atoms with Gasteiger partial charge in [0.2, 0.25) is 5.91 Å². The lowest BCUT2D eigenvalue weighted by molar-refractivity contribution is -0.119. The molecule has 0 aliphatic rings. The van der Waals surface area contributed by atoms with E-state index in [1.165, 1.54) is 5.56 Å². The van der Waals surface area contributed by atoms with Gasteiger partial charge in [0.1, 0.15) is 0 Å². The summed E-state index contributed by atoms with van der Waals surface area (Å²) in [5, 5.41) is 6.31. The van der Waals surface area contributed by atoms with Crippen LogP contribution in [-0.4, -0.2) is 12.5 Å². The van der Waals surface area contributed by atoms with Gasteiger partial charge in [-0.25, -0.2) is 0 Å². The lowest BCUT2D eigenvalue weighted by Gasteiger charge is -2.11. The molecule has 1 atom stereocenters. The Balaban J connectivity index is 2.56. The van der Waals surface area contributed by atoms with E-state index in [0.29, 0.717) is 0 Å². The quantitative estimate of drug-likeness (QED) is 0.728. The van der Waals surface area contributed by atoms with Crippen LogP contribution in [0.5, 0.6) is 0 Å². The Labute approximate surface area is 110 Å². The van der Waals surface area contributed by atoms with Gasteiger partial charge in [-0.1, -0.05) is 32.9 Å². The topological polar surface area (TPSA) is 41.1 Å². The first-order valence-electron chi connectivity index (χ1n) is 6.77. The Hall–Kier alpha value is -1.35. The fourth-order valence-electron chi connectivity index (χ4n) is 1.62. The molecule has 1 aromatic rings. The number of anilines is 1. The standard InChI is InChI=1S/C15H24N2O/c1-4-9-16-11-13-7-6-8-14(10-13)17-15(18)12(3)5-2/h6-8,10,12,16H,4-5,9,11H2,1-3H3,(H,17,18). The smallest absolute Gasteiger partial charge is 0.227 e. The highest BCUT2D eigenvalue weighted by atomic mass is 16.1. The van der Waals surface area contributed by atoms with Crippen LogP contribution in [0.3, 0.4) is 0 Å². The van der Waals surface area contributed by atoms with Crippen molar-refractivity contribution in [3.05, 3.63) is 29.8 Å². The first-order valence-corrected chi connectivity index (χ1v) is 6.77. The van der Waals surface area contributed by atoms with Gasteiger partial charge < -0.3 is 10.6 Å². The normalized spacial score (nSPS) is 12.2. The number of hydrogen-bond acceptors (Lipinski definition) is 2. The van der Waals surface area contributed by atoms with Crippen LogP contribution in [0, 0.1) is 5.92 Å². The molecule has 0 saturated heterocycles. The Bertz CT molecular complexity index is 377. The zero-order valence-electron chi connectivity index (χ0n) is 11.6. The minimum Gasteiger partial charge on any atom is -0.326 e. The van der Waals surface area contributed by atoms with Crippen LogP contribution in [-0.2, 0) is 11.3 Å². The van der Waals surface area contributed by atoms with Crippen molar-refractivity contribution in [2.75, 3.05) is 11.9 Å². The first-order chi connectivity index (χ1) is 8.67. The van der Waals surface area contributed by atoms with Crippen molar-refractivity contribution in [1.82, 2.24) is 5.32 Å². The maximum atomic E-state index is 11.8. The summed E-state index contributed by atoms with van der Waals surface area (Å²) >= 11 is 0. The monoisotopic (exact) mass is 248 g/mol. The summed E-state index contributed by atoms with van der Waals surface area (Å²) in [5.41, 5.74) is 2.08. The molecule has 0 spiro atoms. The van der Waals surface area contributed by atoms with Crippen LogP contribution in [0.1, 0.15) is 39.2 Å². The molecule has 0 aromatic heterocycles. The van der Waals surface area contributed by atoms with Crippen molar-refractivity contribution in [1.29, 1.82) is 0 Å². The van der Waals surface area contributed by atoms with Crippen LogP contribution in [0.4, 0.5) is 5.69 Å². The van der Waals surface area contributed by atoms with Gasteiger partial charge in [0.05, 0.1) is 0 Å². The SMILES string of the molecule is CCCNCc1cccc(NC(=O)C(C)CC)c1. The molecule has 1 amide bonds. The number of rotatable bonds is 7. The van der Waals surface area contributed by atoms with Gasteiger partial charge in [-0.3, -0.25) is 4.79 Å². The molecule has 18 heavy (non-hydrogen) atoms. The molecule has 0 radical (unpaired) electrons. The van der Waals surface area contributed by atoms with Crippen molar-refractivity contribution in [3.8, 4) is 0 Å². The fraction of sp³-hybridized carbons (Fsp3) is 0.533. The van der Waals surface area contributed by atoms with Crippen molar-refractivity contribution in [2.24, 2.45) is 5.92 Å². The highest BCUT2D eigenvalue weighted by Gasteiger charge is 2.10. The van der Waals surface area contributed by atoms with Gasteiger partial charge >= 0.3 is 0 Å². The van der Waals surface area contributed by atoms with E-state index in [0.717, 1.165) is 31.6 Å². The molecule has 2 N–H and O–H groups in total. The van der Waals surface area contributed by atoms with E-state index in [9.17, 15) is 4.79 Å². The van der Waals surface area contributed by atoms with E-state index in [4.69, 9.17) is 0 Å². The molecule has 1 rings (SSSR count). The van der Waals surface area contributed by atoms with E-state index < -0.39 is 0 Å². The number of carbonyl (C=O) groups is 1. The molecule has 0 saturated carbocycles. The van der Waals surface area contributed by atoms with Crippen LogP contribution in [0.15, 0.2) is 24.3 Å². The average molecular weight is 248 g/mol. The number of hydrogen-bond donors (Lipinski definition) is 2. The molecule has 100 valence electrons. The highest BCUT2D eigenvalue weighted by molar-refractivity contribution is 5.92. The number of nitrogens with one attached hydrogen (secondary N) is 2. The summed E-state index contributed by atoms with van der Waals surface area (Å²) in [6, 6.07) is 8.02. The van der Waals surface area contributed by atoms with Crippen molar-refractivity contribution in [3.63, 3.8) is 0 Å². The van der Waals surface area contributed by atoms with Crippen molar-refractivity contribution < 1.29 is 4.79 Å². The summed E-state index contributed by atoms with van der Waals surface area (Å²) < 4.78 is 0. The lowest BCUT2D eigenvalue weighted by Crippen LogP contribution is -2.20. The van der Waals surface area contributed by atoms with Gasteiger partial charge in [-0.15, -0.1) is 0 Å². The maximum Gasteiger partial charge on any atom is 0.227 e. The Morgan fingerprint density at radius 1 is 1.33 bits per heavy atom. The molecule has 0 heterocycles. The fourth-order valence-corrected chi connectivity index (χ4v) is 1.62. The highest BCUT2D eigenvalue weighted by Crippen LogP contribution is 2.13. The summed E-state index contributed by atoms with van der Waals surface area (Å²) in [4.78, 5) is 11.8. The van der Waals surface area contributed by atoms with Crippen molar-refractivity contribution in [2.45, 2.75) is 40.2 Å². The number of benzene rings is 1. The summed E-state index contributed by atoms with van der Waals surface area (Å²) in [7, 11) is 0. The average Bonchev–Trinajstić information content (AvgIpc) is 2.38. The molecule has 1 aromatic carbocycles. The molecule has 3 nitrogen and oxygen atoms in total. The predicted molar refractivity (Wildman–Crippen MR) is 76.5 cm³/mol. The second kappa shape index (κ2) is 7.88. The second-order valence-corrected chi connectivity index (χ2v) is 4.68. The molecule has 1 unspecified atom stereocenters. The Morgan fingerprint density at radius 2 is 2.11 bits per heavy atom. The van der Waals surface area contributed by atoms with E-state index in [1.54, 1.807) is 0 Å². The second-order valence-electron chi connectivity index (χ2n) is 4.68. The first kappa shape index (κ1) is 14.7. The summed E-state index contributed by atoms with van der Waals surface area (Å²) in [6.07, 6.45) is 1.99. The van der Waals surface area contributed by atoms with Gasteiger partial charge in [0.25, 0.3) is 0 Å². The van der Waals surface area contributed by atoms with Gasteiger partial charge in [-0.2, -0.15) is 0 Å². The summed E-state index contributed by atoms with van der Waals surface area (Å²) in [5.74, 6) is 0.156. The molecular weight excluding hydrogens is 224 g/mol. The molecule has 0 aliphatic heterocycles. The Morgan fingerprint density at radius 3 is 2.78 bits per heavy atom. The summed E-state index contributed by atoms with van der Waals surface area (Å²) in [6.45, 7) is 7.98. The van der Waals surface area contributed by atoms with Crippen LogP contribution in [0.2, 0.25) is 0 Å². The van der Waals surface area contributed by atoms with E-state index in [1.807, 2.05) is 32.0 Å². The molecule has 3 heteroatoms. The third kappa shape index (κ3) is 4.88. The largest absolute Gasteiger partial charge is 0.326 e. The third-order valence-corrected chi connectivity index (χ3v) is 3.01. The molecular formula is C15H24N2O. The van der Waals surface area contributed by atoms with Gasteiger partial charge in [0, 0.05) is 18.2 Å². The zero-order chi connectivity index (χ0) is 13.4. The van der Waals surface area contributed by atoms with Crippen molar-refractivity contribution >= 4 is 11.6 Å². The molecule has 0 bridgehead atoms. The number of amides is 1. The zero-order valence-corrected chi connectivity index (χ0v) is 11.6. The van der Waals surface area contributed by atoms with Crippen LogP contribution < -0.4 is 10.6 Å². The minimum absolute atomic E-state index is 0.0619. The third-order valence-electron chi connectivity index (χ3n) is 3.01. The van der Waals surface area contributed by atoms with E-state index >= 15 is 0 Å². The maximum absolute atomic E-state index is 11.8. The van der Waals surface area contributed by atoms with Gasteiger partial charge in [0.15, 0.2) is 0 Å². The van der Waals surface area contributed by atoms with Crippen LogP contribution >= 0.6 is 0 Å².